The van der Waals surface area contributed by atoms with Crippen molar-refractivity contribution in [2.75, 3.05) is 32.1 Å². The molecule has 6 nitrogen and oxygen atoms in total. The molecule has 2 aromatic rings. The molecule has 0 aliphatic carbocycles. The number of nitrogens with one attached hydrogen (secondary N) is 1. The number of likely N-dealkylation sites (N-methyl/N-ethyl adjacent to an activating group) is 1. The average Bonchev–Trinajstić information content (AvgIpc) is 3.09. The molecule has 1 fully saturated rings. The largest absolute Gasteiger partial charge is 0.497 e. The molecule has 0 unspecified atom stereocenters. The summed E-state index contributed by atoms with van der Waals surface area (Å²) in [5.74, 6) is 0.216. The van der Waals surface area contributed by atoms with Gasteiger partial charge in [0.05, 0.1) is 20.2 Å². The zero-order chi connectivity index (χ0) is 21.1. The van der Waals surface area contributed by atoms with Crippen LogP contribution in [0.2, 0.25) is 0 Å². The molecular weight excluding hydrogens is 378 g/mol. The number of amides is 2. The standard InChI is InChI=1S/C24H27N3O3/c1-26(19-9-5-3-6-10-19)21-22(24(29)25-23(21)28)27(15-7-4-8-16-27)17-18-11-13-20(30-2)14-12-18/h3,5-6,9-14H,4,7-8,15-17H2,1-2H3/p+1. The summed E-state index contributed by atoms with van der Waals surface area (Å²) in [5.41, 5.74) is 3.05. The Morgan fingerprint density at radius 3 is 2.23 bits per heavy atom. The summed E-state index contributed by atoms with van der Waals surface area (Å²) < 4.78 is 5.78. The van der Waals surface area contributed by atoms with Crippen LogP contribution in [0.15, 0.2) is 66.0 Å². The van der Waals surface area contributed by atoms with Gasteiger partial charge in [0.1, 0.15) is 12.3 Å². The average molecular weight is 407 g/mol. The number of likely N-dealkylation sites (tertiary alicyclic amines) is 1. The van der Waals surface area contributed by atoms with Crippen LogP contribution < -0.4 is 15.0 Å². The normalized spacial score (nSPS) is 18.3. The summed E-state index contributed by atoms with van der Waals surface area (Å²) in [6, 6.07) is 17.7. The minimum Gasteiger partial charge on any atom is -0.497 e. The molecule has 0 saturated carbocycles. The zero-order valence-electron chi connectivity index (χ0n) is 17.6. The highest BCUT2D eigenvalue weighted by atomic mass is 16.5. The fourth-order valence-corrected chi connectivity index (χ4v) is 4.63. The van der Waals surface area contributed by atoms with Crippen molar-refractivity contribution in [3.63, 3.8) is 0 Å². The quantitative estimate of drug-likeness (QED) is 0.591. The number of hydrogen-bond acceptors (Lipinski definition) is 4. The van der Waals surface area contributed by atoms with E-state index in [2.05, 4.69) is 5.32 Å². The highest BCUT2D eigenvalue weighted by Crippen LogP contribution is 2.35. The van der Waals surface area contributed by atoms with Gasteiger partial charge in [-0.3, -0.25) is 19.4 Å². The molecule has 0 bridgehead atoms. The molecule has 0 atom stereocenters. The Bertz CT molecular complexity index is 961. The number of quaternary nitrogens is 1. The van der Waals surface area contributed by atoms with Gasteiger partial charge in [-0.1, -0.05) is 18.2 Å². The second-order valence-corrected chi connectivity index (χ2v) is 8.03. The fourth-order valence-electron chi connectivity index (χ4n) is 4.63. The van der Waals surface area contributed by atoms with Gasteiger partial charge in [-0.15, -0.1) is 0 Å². The Morgan fingerprint density at radius 1 is 0.933 bits per heavy atom. The third-order valence-corrected chi connectivity index (χ3v) is 6.15. The van der Waals surface area contributed by atoms with Gasteiger partial charge in [-0.25, -0.2) is 0 Å². The number of anilines is 1. The summed E-state index contributed by atoms with van der Waals surface area (Å²) in [5, 5.41) is 2.56. The molecule has 0 spiro atoms. The van der Waals surface area contributed by atoms with Crippen LogP contribution in [0.5, 0.6) is 5.75 Å². The molecule has 2 aliphatic heterocycles. The Hall–Kier alpha value is -3.12. The first-order valence-electron chi connectivity index (χ1n) is 10.4. The smallest absolute Gasteiger partial charge is 0.314 e. The molecule has 0 radical (unpaired) electrons. The van der Waals surface area contributed by atoms with Crippen LogP contribution >= 0.6 is 0 Å². The lowest BCUT2D eigenvalue weighted by molar-refractivity contribution is -0.905. The van der Waals surface area contributed by atoms with Crippen LogP contribution in [0.1, 0.15) is 24.8 Å². The van der Waals surface area contributed by atoms with E-state index in [9.17, 15) is 9.59 Å². The number of piperidine rings is 1. The van der Waals surface area contributed by atoms with Crippen molar-refractivity contribution in [1.29, 1.82) is 0 Å². The number of benzene rings is 2. The van der Waals surface area contributed by atoms with Gasteiger partial charge >= 0.3 is 5.91 Å². The van der Waals surface area contributed by atoms with Crippen molar-refractivity contribution in [3.8, 4) is 5.75 Å². The van der Waals surface area contributed by atoms with Crippen molar-refractivity contribution in [1.82, 2.24) is 5.32 Å². The van der Waals surface area contributed by atoms with Gasteiger partial charge in [0.15, 0.2) is 5.70 Å². The Labute approximate surface area is 177 Å². The predicted octanol–water partition coefficient (Wildman–Crippen LogP) is 3.20. The molecule has 1 saturated heterocycles. The number of methoxy groups -OCH3 is 1. The van der Waals surface area contributed by atoms with Crippen molar-refractivity contribution < 1.29 is 18.8 Å². The van der Waals surface area contributed by atoms with Gasteiger partial charge in [-0.2, -0.15) is 0 Å². The first-order chi connectivity index (χ1) is 14.5. The fraction of sp³-hybridized carbons (Fsp3) is 0.333. The maximum Gasteiger partial charge on any atom is 0.314 e. The first kappa shape index (κ1) is 20.2. The molecule has 4 rings (SSSR count). The maximum absolute atomic E-state index is 13.1. The van der Waals surface area contributed by atoms with Gasteiger partial charge in [0, 0.05) is 18.3 Å². The van der Waals surface area contributed by atoms with E-state index in [-0.39, 0.29) is 11.8 Å². The van der Waals surface area contributed by atoms with Crippen LogP contribution in [-0.2, 0) is 16.1 Å². The van der Waals surface area contributed by atoms with Crippen LogP contribution in [0, 0.1) is 0 Å². The monoisotopic (exact) mass is 406 g/mol. The van der Waals surface area contributed by atoms with E-state index in [4.69, 9.17) is 4.74 Å². The van der Waals surface area contributed by atoms with E-state index in [0.29, 0.717) is 22.4 Å². The highest BCUT2D eigenvalue weighted by molar-refractivity contribution is 6.19. The van der Waals surface area contributed by atoms with E-state index < -0.39 is 0 Å². The van der Waals surface area contributed by atoms with Gasteiger partial charge < -0.3 is 9.64 Å². The summed E-state index contributed by atoms with van der Waals surface area (Å²) in [7, 11) is 3.51. The minimum atomic E-state index is -0.320. The molecule has 156 valence electrons. The number of nitrogens with zero attached hydrogens (tertiary/aromatic N) is 2. The second-order valence-electron chi connectivity index (χ2n) is 8.03. The molecule has 1 N–H and O–H groups in total. The van der Waals surface area contributed by atoms with Gasteiger partial charge in [-0.05, 0) is 55.7 Å². The molecule has 2 amide bonds. The number of carbonyl (C=O) groups is 2. The number of imide groups is 1. The minimum absolute atomic E-state index is 0.270. The number of para-hydroxylation sites is 1. The highest BCUT2D eigenvalue weighted by Gasteiger charge is 2.48. The Kier molecular flexibility index (Phi) is 5.59. The lowest BCUT2D eigenvalue weighted by Crippen LogP contribution is -2.52. The number of rotatable bonds is 6. The van der Waals surface area contributed by atoms with E-state index >= 15 is 0 Å². The summed E-state index contributed by atoms with van der Waals surface area (Å²) in [4.78, 5) is 27.8. The number of carbonyl (C=O) groups excluding carboxylic acids is 2. The van der Waals surface area contributed by atoms with Crippen molar-refractivity contribution in [2.45, 2.75) is 25.8 Å². The molecule has 30 heavy (non-hydrogen) atoms. The van der Waals surface area contributed by atoms with Gasteiger partial charge in [0.2, 0.25) is 5.70 Å². The van der Waals surface area contributed by atoms with Crippen LogP contribution in [-0.4, -0.2) is 43.5 Å². The van der Waals surface area contributed by atoms with Crippen molar-refractivity contribution in [2.24, 2.45) is 0 Å². The lowest BCUT2D eigenvalue weighted by atomic mass is 10.0. The lowest BCUT2D eigenvalue weighted by Gasteiger charge is -2.41. The molecule has 6 heteroatoms. The second kappa shape index (κ2) is 8.32. The zero-order valence-corrected chi connectivity index (χ0v) is 17.6. The third-order valence-electron chi connectivity index (χ3n) is 6.15. The van der Waals surface area contributed by atoms with Crippen molar-refractivity contribution in [3.05, 3.63) is 71.6 Å². The van der Waals surface area contributed by atoms with E-state index in [1.165, 1.54) is 0 Å². The summed E-state index contributed by atoms with van der Waals surface area (Å²) >= 11 is 0. The van der Waals surface area contributed by atoms with E-state index in [1.54, 1.807) is 7.11 Å². The summed E-state index contributed by atoms with van der Waals surface area (Å²) in [6.45, 7) is 2.36. The molecule has 2 aliphatic rings. The Morgan fingerprint density at radius 2 is 1.60 bits per heavy atom. The maximum atomic E-state index is 13.1. The molecule has 2 heterocycles. The SMILES string of the molecule is COc1ccc(C[N+]2(C3=C(N(C)c4ccccc4)C(=O)NC3=O)CCCCC2)cc1. The van der Waals surface area contributed by atoms with Crippen LogP contribution in [0.4, 0.5) is 5.69 Å². The Balaban J connectivity index is 1.79. The number of hydrogen-bond donors (Lipinski definition) is 1. The third kappa shape index (κ3) is 3.71. The topological polar surface area (TPSA) is 58.6 Å². The van der Waals surface area contributed by atoms with Gasteiger partial charge in [0.25, 0.3) is 5.91 Å². The van der Waals surface area contributed by atoms with E-state index in [0.717, 1.165) is 49.4 Å². The van der Waals surface area contributed by atoms with E-state index in [1.807, 2.05) is 66.5 Å². The van der Waals surface area contributed by atoms with Crippen LogP contribution in [0.25, 0.3) is 0 Å². The number of ether oxygens (including phenoxy) is 1. The molecule has 2 aromatic carbocycles. The summed E-state index contributed by atoms with van der Waals surface area (Å²) in [6.07, 6.45) is 3.21. The van der Waals surface area contributed by atoms with Crippen LogP contribution in [0.3, 0.4) is 0 Å². The van der Waals surface area contributed by atoms with Crippen molar-refractivity contribution >= 4 is 17.5 Å². The predicted molar refractivity (Wildman–Crippen MR) is 116 cm³/mol. The molecule has 0 aromatic heterocycles. The molecular formula is C24H28N3O3+. The first-order valence-corrected chi connectivity index (χ1v) is 10.4.